The fraction of sp³-hybridized carbons (Fsp3) is 0.815. The maximum absolute atomic E-state index is 13.2. The van der Waals surface area contributed by atoms with Crippen LogP contribution in [0.1, 0.15) is 258 Å². The maximum atomic E-state index is 13.2. The highest BCUT2D eigenvalue weighted by Crippen LogP contribution is 2.17. The van der Waals surface area contributed by atoms with Crippen LogP contribution in [0, 0.1) is 0 Å². The number of ether oxygens (including phenoxy) is 1. The third kappa shape index (κ3) is 42.5. The van der Waals surface area contributed by atoms with Gasteiger partial charge in [0.25, 0.3) is 0 Å². The van der Waals surface area contributed by atoms with Gasteiger partial charge in [-0.25, -0.2) is 0 Å². The van der Waals surface area contributed by atoms with E-state index >= 15 is 0 Å². The molecule has 0 aromatic rings. The normalized spacial score (nSPS) is 13.6. The fourth-order valence-electron chi connectivity index (χ4n) is 7.67. The summed E-state index contributed by atoms with van der Waals surface area (Å²) >= 11 is 0. The first-order valence-corrected chi connectivity index (χ1v) is 25.9. The molecule has 0 aromatic heterocycles. The zero-order valence-corrected chi connectivity index (χ0v) is 39.8. The van der Waals surface area contributed by atoms with Crippen LogP contribution in [0.15, 0.2) is 48.6 Å². The van der Waals surface area contributed by atoms with Crippen molar-refractivity contribution >= 4 is 11.9 Å². The summed E-state index contributed by atoms with van der Waals surface area (Å²) in [4.78, 5) is 26.1. The molecule has 0 aromatic carbocycles. The van der Waals surface area contributed by atoms with E-state index < -0.39 is 18.2 Å². The monoisotopic (exact) mass is 842 g/mol. The Morgan fingerprint density at radius 2 is 0.867 bits per heavy atom. The first kappa shape index (κ1) is 57.8. The number of hydrogen-bond acceptors (Lipinski definition) is 5. The summed E-state index contributed by atoms with van der Waals surface area (Å²) in [7, 11) is 0. The molecule has 60 heavy (non-hydrogen) atoms. The number of carbonyl (C=O) groups excluding carboxylic acids is 2. The van der Waals surface area contributed by atoms with Gasteiger partial charge in [0.1, 0.15) is 6.10 Å². The van der Waals surface area contributed by atoms with E-state index in [1.807, 2.05) is 0 Å². The van der Waals surface area contributed by atoms with Crippen LogP contribution >= 0.6 is 0 Å². The van der Waals surface area contributed by atoms with Crippen molar-refractivity contribution in [2.45, 2.75) is 277 Å². The first-order valence-electron chi connectivity index (χ1n) is 25.9. The summed E-state index contributed by atoms with van der Waals surface area (Å²) in [6.07, 6.45) is 57.4. The van der Waals surface area contributed by atoms with Gasteiger partial charge >= 0.3 is 5.97 Å². The van der Waals surface area contributed by atoms with Crippen molar-refractivity contribution in [2.24, 2.45) is 0 Å². The Morgan fingerprint density at radius 1 is 0.483 bits per heavy atom. The topological polar surface area (TPSA) is 95.9 Å². The van der Waals surface area contributed by atoms with Crippen LogP contribution in [0.3, 0.4) is 0 Å². The van der Waals surface area contributed by atoms with Crippen molar-refractivity contribution in [3.05, 3.63) is 48.6 Å². The molecule has 0 heterocycles. The number of esters is 1. The minimum absolute atomic E-state index is 0.0481. The van der Waals surface area contributed by atoms with Crippen LogP contribution in [-0.2, 0) is 14.3 Å². The van der Waals surface area contributed by atoms with Crippen LogP contribution in [0.5, 0.6) is 0 Å². The molecule has 1 amide bonds. The predicted octanol–water partition coefficient (Wildman–Crippen LogP) is 15.5. The van der Waals surface area contributed by atoms with E-state index in [1.165, 1.54) is 128 Å². The molecule has 0 spiro atoms. The lowest BCUT2D eigenvalue weighted by molar-refractivity contribution is -0.151. The van der Waals surface area contributed by atoms with Crippen LogP contribution in [0.25, 0.3) is 0 Å². The van der Waals surface area contributed by atoms with Crippen molar-refractivity contribution in [1.82, 2.24) is 5.32 Å². The van der Waals surface area contributed by atoms with Crippen LogP contribution in [0.4, 0.5) is 0 Å². The molecule has 0 saturated carbocycles. The third-order valence-electron chi connectivity index (χ3n) is 11.6. The maximum Gasteiger partial charge on any atom is 0.306 e. The second kappa shape index (κ2) is 47.9. The van der Waals surface area contributed by atoms with Crippen molar-refractivity contribution < 1.29 is 24.5 Å². The van der Waals surface area contributed by atoms with E-state index in [2.05, 4.69) is 74.7 Å². The highest BCUT2D eigenvalue weighted by molar-refractivity contribution is 5.77. The first-order chi connectivity index (χ1) is 29.5. The molecule has 3 atom stereocenters. The van der Waals surface area contributed by atoms with Gasteiger partial charge in [0, 0.05) is 6.42 Å². The molecule has 3 N–H and O–H groups in total. The SMILES string of the molecule is CCCCC/C=C\C/C=C\C/C=C\CCCCCCC(=O)OC(CCC/C=C\CCCCCCCC)CC(=O)NC(CO)C(O)CCCCCCCCCCCCCCC. The number of nitrogens with one attached hydrogen (secondary N) is 1. The highest BCUT2D eigenvalue weighted by Gasteiger charge is 2.24. The summed E-state index contributed by atoms with van der Waals surface area (Å²) < 4.78 is 5.90. The molecular formula is C54H99NO5. The zero-order chi connectivity index (χ0) is 43.8. The molecule has 0 fully saturated rings. The Hall–Kier alpha value is -2.18. The number of amides is 1. The largest absolute Gasteiger partial charge is 0.462 e. The summed E-state index contributed by atoms with van der Waals surface area (Å²) in [5.74, 6) is -0.525. The van der Waals surface area contributed by atoms with E-state index in [0.29, 0.717) is 19.3 Å². The van der Waals surface area contributed by atoms with Gasteiger partial charge in [-0.1, -0.05) is 211 Å². The van der Waals surface area contributed by atoms with E-state index in [9.17, 15) is 19.8 Å². The van der Waals surface area contributed by atoms with E-state index in [-0.39, 0.29) is 24.9 Å². The summed E-state index contributed by atoms with van der Waals surface area (Å²) in [5.41, 5.74) is 0. The molecule has 350 valence electrons. The minimum Gasteiger partial charge on any atom is -0.462 e. The molecule has 6 heteroatoms. The molecular weight excluding hydrogens is 743 g/mol. The molecule has 3 unspecified atom stereocenters. The lowest BCUT2D eigenvalue weighted by Gasteiger charge is -2.24. The number of aliphatic hydroxyl groups is 2. The van der Waals surface area contributed by atoms with Gasteiger partial charge < -0.3 is 20.3 Å². The predicted molar refractivity (Wildman–Crippen MR) is 259 cm³/mol. The summed E-state index contributed by atoms with van der Waals surface area (Å²) in [6, 6.07) is -0.713. The lowest BCUT2D eigenvalue weighted by atomic mass is 10.0. The van der Waals surface area contributed by atoms with Gasteiger partial charge in [0.15, 0.2) is 0 Å². The van der Waals surface area contributed by atoms with Crippen LogP contribution in [-0.4, -0.2) is 46.9 Å². The van der Waals surface area contributed by atoms with Crippen molar-refractivity contribution in [3.8, 4) is 0 Å². The number of carbonyl (C=O) groups is 2. The molecule has 0 bridgehead atoms. The van der Waals surface area contributed by atoms with Gasteiger partial charge in [-0.3, -0.25) is 9.59 Å². The van der Waals surface area contributed by atoms with Gasteiger partial charge in [-0.05, 0) is 83.5 Å². The number of unbranched alkanes of at least 4 members (excludes halogenated alkanes) is 26. The smallest absolute Gasteiger partial charge is 0.306 e. The Morgan fingerprint density at radius 3 is 1.37 bits per heavy atom. The van der Waals surface area contributed by atoms with Crippen LogP contribution < -0.4 is 5.32 Å². The second-order valence-electron chi connectivity index (χ2n) is 17.6. The highest BCUT2D eigenvalue weighted by atomic mass is 16.5. The number of hydrogen-bond donors (Lipinski definition) is 3. The lowest BCUT2D eigenvalue weighted by Crippen LogP contribution is -2.46. The van der Waals surface area contributed by atoms with Crippen molar-refractivity contribution in [3.63, 3.8) is 0 Å². The fourth-order valence-corrected chi connectivity index (χ4v) is 7.67. The van der Waals surface area contributed by atoms with Gasteiger partial charge in [0.2, 0.25) is 5.91 Å². The third-order valence-corrected chi connectivity index (χ3v) is 11.6. The average molecular weight is 842 g/mol. The molecule has 0 aliphatic carbocycles. The number of rotatable bonds is 46. The summed E-state index contributed by atoms with van der Waals surface area (Å²) in [6.45, 7) is 6.43. The van der Waals surface area contributed by atoms with Gasteiger partial charge in [0.05, 0.1) is 25.2 Å². The molecule has 0 radical (unpaired) electrons. The zero-order valence-electron chi connectivity index (χ0n) is 39.8. The number of aliphatic hydroxyl groups excluding tert-OH is 2. The van der Waals surface area contributed by atoms with Crippen LogP contribution in [0.2, 0.25) is 0 Å². The van der Waals surface area contributed by atoms with Crippen molar-refractivity contribution in [2.75, 3.05) is 6.61 Å². The summed E-state index contributed by atoms with van der Waals surface area (Å²) in [5, 5.41) is 23.7. The Labute approximate surface area is 372 Å². The molecule has 0 saturated heterocycles. The van der Waals surface area contributed by atoms with E-state index in [1.54, 1.807) is 0 Å². The standard InChI is InChI=1S/C54H99NO5/c1-4-7-10-13-16-19-22-24-25-26-27-29-32-35-38-41-44-47-54(59)60-50(45-42-39-36-33-30-21-18-15-12-9-6-3)48-53(58)55-51(49-56)52(57)46-43-40-37-34-31-28-23-20-17-14-11-8-5-2/h16,19,24-25,27,29,33,36,50-52,56-57H,4-15,17-18,20-23,26,28,30-32,34-35,37-49H2,1-3H3,(H,55,58)/b19-16-,25-24-,29-27-,36-33-. The van der Waals surface area contributed by atoms with Crippen molar-refractivity contribution in [1.29, 1.82) is 0 Å². The Kier molecular flexibility index (Phi) is 46.1. The molecule has 0 rings (SSSR count). The van der Waals surface area contributed by atoms with Gasteiger partial charge in [-0.15, -0.1) is 0 Å². The number of allylic oxidation sites excluding steroid dienone is 8. The average Bonchev–Trinajstić information content (AvgIpc) is 3.24. The molecule has 0 aliphatic heterocycles. The Bertz CT molecular complexity index is 1040. The minimum atomic E-state index is -0.797. The quantitative estimate of drug-likeness (QED) is 0.0322. The van der Waals surface area contributed by atoms with Gasteiger partial charge in [-0.2, -0.15) is 0 Å². The molecule has 6 nitrogen and oxygen atoms in total. The van der Waals surface area contributed by atoms with E-state index in [0.717, 1.165) is 83.5 Å². The van der Waals surface area contributed by atoms with E-state index in [4.69, 9.17) is 4.74 Å². The Balaban J connectivity index is 4.59. The molecule has 0 aliphatic rings. The second-order valence-corrected chi connectivity index (χ2v) is 17.6.